The fourth-order valence-corrected chi connectivity index (χ4v) is 5.42. The van der Waals surface area contributed by atoms with Crippen molar-refractivity contribution in [3.8, 4) is 0 Å². The van der Waals surface area contributed by atoms with E-state index in [0.29, 0.717) is 38.8 Å². The monoisotopic (exact) mass is 608 g/mol. The lowest BCUT2D eigenvalue weighted by Crippen LogP contribution is -2.57. The van der Waals surface area contributed by atoms with Crippen LogP contribution < -0.4 is 32.7 Å². The van der Waals surface area contributed by atoms with Gasteiger partial charge in [-0.25, -0.2) is 0 Å². The van der Waals surface area contributed by atoms with E-state index in [1.54, 1.807) is 11.8 Å². The van der Waals surface area contributed by atoms with Crippen LogP contribution in [0.25, 0.3) is 10.8 Å². The summed E-state index contributed by atoms with van der Waals surface area (Å²) in [6.07, 6.45) is 2.32. The van der Waals surface area contributed by atoms with Gasteiger partial charge >= 0.3 is 0 Å². The largest absolute Gasteiger partial charge is 0.374 e. The maximum absolute atomic E-state index is 13.7. The molecule has 1 aliphatic heterocycles. The zero-order valence-electron chi connectivity index (χ0n) is 26.3. The van der Waals surface area contributed by atoms with Crippen molar-refractivity contribution < 1.29 is 19.2 Å². The maximum Gasteiger partial charge on any atom is 0.245 e. The van der Waals surface area contributed by atoms with Gasteiger partial charge in [-0.2, -0.15) is 0 Å². The Balaban J connectivity index is 1.73. The lowest BCUT2D eigenvalue weighted by atomic mass is 10.0. The van der Waals surface area contributed by atoms with Crippen LogP contribution in [0.15, 0.2) is 47.5 Å². The van der Waals surface area contributed by atoms with Gasteiger partial charge < -0.3 is 37.6 Å². The van der Waals surface area contributed by atoms with Crippen LogP contribution in [0.2, 0.25) is 0 Å². The molecule has 44 heavy (non-hydrogen) atoms. The number of likely N-dealkylation sites (tertiary alicyclic amines) is 1. The quantitative estimate of drug-likeness (QED) is 0.101. The maximum atomic E-state index is 13.7. The Hall–Kier alpha value is -4.35. The van der Waals surface area contributed by atoms with Crippen molar-refractivity contribution in [3.63, 3.8) is 0 Å². The van der Waals surface area contributed by atoms with Crippen LogP contribution in [0, 0.1) is 5.92 Å². The molecular weight excluding hydrogens is 560 g/mol. The highest BCUT2D eigenvalue weighted by Gasteiger charge is 2.38. The Morgan fingerprint density at radius 3 is 2.36 bits per heavy atom. The van der Waals surface area contributed by atoms with Crippen molar-refractivity contribution in [2.75, 3.05) is 25.0 Å². The van der Waals surface area contributed by atoms with Gasteiger partial charge in [-0.05, 0) is 74.8 Å². The van der Waals surface area contributed by atoms with Gasteiger partial charge in [-0.1, -0.05) is 44.2 Å². The van der Waals surface area contributed by atoms with Gasteiger partial charge in [-0.15, -0.1) is 0 Å². The zero-order valence-corrected chi connectivity index (χ0v) is 26.3. The molecule has 2 aromatic rings. The van der Waals surface area contributed by atoms with E-state index >= 15 is 0 Å². The average molecular weight is 609 g/mol. The first-order valence-electron chi connectivity index (χ1n) is 15.5. The van der Waals surface area contributed by atoms with E-state index in [0.717, 1.165) is 16.5 Å². The van der Waals surface area contributed by atoms with Gasteiger partial charge in [0.15, 0.2) is 5.96 Å². The van der Waals surface area contributed by atoms with E-state index in [1.165, 1.54) is 0 Å². The minimum Gasteiger partial charge on any atom is -0.374 e. The minimum atomic E-state index is -0.911. The summed E-state index contributed by atoms with van der Waals surface area (Å²) in [4.78, 5) is 58.9. The van der Waals surface area contributed by atoms with Crippen LogP contribution in [0.4, 0.5) is 5.69 Å². The molecule has 0 saturated carbocycles. The van der Waals surface area contributed by atoms with E-state index < -0.39 is 30.1 Å². The molecule has 12 heteroatoms. The van der Waals surface area contributed by atoms with Gasteiger partial charge in [-0.3, -0.25) is 24.2 Å². The number of rotatable bonds is 15. The highest BCUT2D eigenvalue weighted by Crippen LogP contribution is 2.21. The molecule has 0 radical (unpaired) electrons. The number of amides is 4. The predicted molar refractivity (Wildman–Crippen MR) is 174 cm³/mol. The van der Waals surface area contributed by atoms with Crippen LogP contribution in [0.3, 0.4) is 0 Å². The number of aliphatic imine (C=N–C) groups is 1. The number of likely N-dealkylation sites (N-methyl/N-ethyl adjacent to an activating group) is 1. The zero-order chi connectivity index (χ0) is 32.2. The number of nitrogens with zero attached hydrogens (tertiary/aromatic N) is 2. The number of carbonyl (C=O) groups is 4. The smallest absolute Gasteiger partial charge is 0.245 e. The number of carbonyl (C=O) groups excluding carboxylic acids is 4. The molecule has 1 saturated heterocycles. The summed E-state index contributed by atoms with van der Waals surface area (Å²) >= 11 is 0. The molecule has 0 spiro atoms. The van der Waals surface area contributed by atoms with Gasteiger partial charge in [0.1, 0.15) is 24.2 Å². The van der Waals surface area contributed by atoms with Gasteiger partial charge in [0.05, 0.1) is 0 Å². The Morgan fingerprint density at radius 2 is 1.68 bits per heavy atom. The standard InChI is InChI=1S/C32H48N8O4/c1-5-35-30(43)27-13-9-17-40(27)31(44)25(12-8-16-36-32(33)34)38-29(42)26(18-20(2)3)39-28(41)21(4)37-24-15-14-22-10-6-7-11-23(22)19-24/h6-7,10-11,14-15,19-21,25-27,37H,5,8-9,12-13,16-18H2,1-4H3,(H,35,43)(H,38,42)(H,39,41)(H4,33,34,36)/t21-,25+,26+,27+/m1/s1. The third-order valence-corrected chi connectivity index (χ3v) is 7.62. The molecule has 2 aromatic carbocycles. The summed E-state index contributed by atoms with van der Waals surface area (Å²) in [7, 11) is 0. The molecule has 12 nitrogen and oxygen atoms in total. The summed E-state index contributed by atoms with van der Waals surface area (Å²) in [6, 6.07) is 10.8. The van der Waals surface area contributed by atoms with Crippen molar-refractivity contribution in [1.82, 2.24) is 20.9 Å². The average Bonchev–Trinajstić information content (AvgIpc) is 3.48. The van der Waals surface area contributed by atoms with E-state index in [-0.39, 0.29) is 42.6 Å². The van der Waals surface area contributed by atoms with E-state index in [1.807, 2.05) is 63.2 Å². The van der Waals surface area contributed by atoms with Crippen molar-refractivity contribution in [1.29, 1.82) is 0 Å². The SMILES string of the molecule is CCNC(=O)[C@@H]1CCCN1C(=O)[C@H](CCCN=C(N)N)NC(=O)[C@H](CC(C)C)NC(=O)[C@@H](C)Nc1ccc2ccccc2c1. The number of anilines is 1. The number of hydrogen-bond acceptors (Lipinski definition) is 6. The minimum absolute atomic E-state index is 0.0566. The number of benzene rings is 2. The van der Waals surface area contributed by atoms with Crippen LogP contribution in [0.1, 0.15) is 59.8 Å². The van der Waals surface area contributed by atoms with Crippen molar-refractivity contribution >= 4 is 46.0 Å². The number of guanidine groups is 1. The van der Waals surface area contributed by atoms with Crippen LogP contribution in [-0.2, 0) is 19.2 Å². The summed E-state index contributed by atoms with van der Waals surface area (Å²) in [5, 5.41) is 13.9. The molecule has 0 aromatic heterocycles. The third-order valence-electron chi connectivity index (χ3n) is 7.62. The first kappa shape index (κ1) is 34.1. The summed E-state index contributed by atoms with van der Waals surface area (Å²) in [5.74, 6) is -1.31. The molecule has 1 aliphatic rings. The second-order valence-electron chi connectivity index (χ2n) is 11.7. The number of nitrogens with two attached hydrogens (primary N) is 2. The predicted octanol–water partition coefficient (Wildman–Crippen LogP) is 1.84. The Morgan fingerprint density at radius 1 is 0.977 bits per heavy atom. The second kappa shape index (κ2) is 16.5. The Labute approximate surface area is 259 Å². The van der Waals surface area contributed by atoms with Crippen molar-refractivity contribution in [3.05, 3.63) is 42.5 Å². The first-order chi connectivity index (χ1) is 21.0. The molecule has 0 unspecified atom stereocenters. The van der Waals surface area contributed by atoms with Gasteiger partial charge in [0.25, 0.3) is 0 Å². The summed E-state index contributed by atoms with van der Waals surface area (Å²) in [6.45, 7) is 8.65. The Bertz CT molecular complexity index is 1330. The molecule has 0 aliphatic carbocycles. The van der Waals surface area contributed by atoms with Gasteiger partial charge in [0, 0.05) is 25.3 Å². The summed E-state index contributed by atoms with van der Waals surface area (Å²) in [5.41, 5.74) is 11.7. The number of nitrogens with one attached hydrogen (secondary N) is 4. The molecule has 4 amide bonds. The first-order valence-corrected chi connectivity index (χ1v) is 15.5. The molecule has 8 N–H and O–H groups in total. The van der Waals surface area contributed by atoms with Crippen molar-refractivity contribution in [2.45, 2.75) is 84.0 Å². The fourth-order valence-electron chi connectivity index (χ4n) is 5.42. The van der Waals surface area contributed by atoms with Crippen LogP contribution in [0.5, 0.6) is 0 Å². The van der Waals surface area contributed by atoms with Gasteiger partial charge in [0.2, 0.25) is 23.6 Å². The molecule has 3 rings (SSSR count). The normalized spacial score (nSPS) is 16.6. The molecule has 1 heterocycles. The fraction of sp³-hybridized carbons (Fsp3) is 0.531. The lowest BCUT2D eigenvalue weighted by Gasteiger charge is -2.30. The second-order valence-corrected chi connectivity index (χ2v) is 11.7. The lowest BCUT2D eigenvalue weighted by molar-refractivity contribution is -0.142. The number of fused-ring (bicyclic) bond motifs is 1. The van der Waals surface area contributed by atoms with E-state index in [9.17, 15) is 19.2 Å². The topological polar surface area (TPSA) is 184 Å². The summed E-state index contributed by atoms with van der Waals surface area (Å²) < 4.78 is 0. The molecular formula is C32H48N8O4. The molecule has 0 bridgehead atoms. The highest BCUT2D eigenvalue weighted by atomic mass is 16.2. The van der Waals surface area contributed by atoms with Crippen LogP contribution >= 0.6 is 0 Å². The van der Waals surface area contributed by atoms with E-state index in [2.05, 4.69) is 26.3 Å². The molecule has 4 atom stereocenters. The van der Waals surface area contributed by atoms with Crippen molar-refractivity contribution in [2.24, 2.45) is 22.4 Å². The highest BCUT2D eigenvalue weighted by molar-refractivity contribution is 5.95. The third kappa shape index (κ3) is 9.85. The molecule has 1 fully saturated rings. The van der Waals surface area contributed by atoms with Crippen LogP contribution in [-0.4, -0.2) is 78.3 Å². The molecule has 240 valence electrons. The van der Waals surface area contributed by atoms with E-state index in [4.69, 9.17) is 11.5 Å². The Kier molecular flexibility index (Phi) is 12.8. The number of hydrogen-bond donors (Lipinski definition) is 6.